The number of hydrogen-bond acceptors (Lipinski definition) is 1. The minimum Gasteiger partial charge on any atom is -0.311 e. The van der Waals surface area contributed by atoms with Gasteiger partial charge in [0.25, 0.3) is 0 Å². The fraction of sp³-hybridized carbons (Fsp3) is 0.200. The van der Waals surface area contributed by atoms with Gasteiger partial charge in [-0.25, -0.2) is 4.39 Å². The van der Waals surface area contributed by atoms with Gasteiger partial charge in [0.15, 0.2) is 0 Å². The van der Waals surface area contributed by atoms with Gasteiger partial charge < -0.3 is 5.32 Å². The van der Waals surface area contributed by atoms with Crippen molar-refractivity contribution in [2.45, 2.75) is 11.9 Å². The molecule has 0 aliphatic carbocycles. The van der Waals surface area contributed by atoms with E-state index in [2.05, 4.69) is 5.32 Å². The summed E-state index contributed by atoms with van der Waals surface area (Å²) in [6, 6.07) is 16.5. The summed E-state index contributed by atoms with van der Waals surface area (Å²) in [5, 5.41) is 3.16. The van der Waals surface area contributed by atoms with E-state index < -0.39 is 0 Å². The van der Waals surface area contributed by atoms with Gasteiger partial charge >= 0.3 is 0 Å². The zero-order chi connectivity index (χ0) is 12.8. The van der Waals surface area contributed by atoms with Gasteiger partial charge in [0.1, 0.15) is 5.82 Å². The maximum Gasteiger partial charge on any atom is 0.123 e. The third-order valence-corrected chi connectivity index (χ3v) is 3.11. The molecule has 18 heavy (non-hydrogen) atoms. The molecule has 0 saturated heterocycles. The lowest BCUT2D eigenvalue weighted by molar-refractivity contribution is 0.619. The SMILES string of the molecule is Fc1cccc(CNCC(Cl)c2ccccc2)c1. The maximum atomic E-state index is 13.0. The molecule has 0 bridgehead atoms. The van der Waals surface area contributed by atoms with Crippen LogP contribution in [0.25, 0.3) is 0 Å². The molecule has 0 amide bonds. The Labute approximate surface area is 112 Å². The van der Waals surface area contributed by atoms with E-state index in [1.165, 1.54) is 12.1 Å². The molecule has 0 saturated carbocycles. The van der Waals surface area contributed by atoms with Crippen molar-refractivity contribution in [1.82, 2.24) is 5.32 Å². The van der Waals surface area contributed by atoms with Crippen LogP contribution >= 0.6 is 11.6 Å². The van der Waals surface area contributed by atoms with Crippen molar-refractivity contribution in [3.05, 3.63) is 71.5 Å². The summed E-state index contributed by atoms with van der Waals surface area (Å²) >= 11 is 6.27. The van der Waals surface area contributed by atoms with E-state index in [1.54, 1.807) is 6.07 Å². The Morgan fingerprint density at radius 2 is 1.83 bits per heavy atom. The van der Waals surface area contributed by atoms with Gasteiger partial charge in [-0.2, -0.15) is 0 Å². The van der Waals surface area contributed by atoms with Gasteiger partial charge in [-0.15, -0.1) is 11.6 Å². The number of rotatable bonds is 5. The first-order chi connectivity index (χ1) is 8.75. The van der Waals surface area contributed by atoms with Crippen LogP contribution in [0.15, 0.2) is 54.6 Å². The Kier molecular flexibility index (Phi) is 4.73. The van der Waals surface area contributed by atoms with E-state index in [1.807, 2.05) is 36.4 Å². The summed E-state index contributed by atoms with van der Waals surface area (Å²) in [5.74, 6) is -0.209. The Morgan fingerprint density at radius 3 is 2.56 bits per heavy atom. The minimum atomic E-state index is -0.209. The van der Waals surface area contributed by atoms with Crippen LogP contribution < -0.4 is 5.32 Å². The van der Waals surface area contributed by atoms with E-state index in [0.29, 0.717) is 13.1 Å². The van der Waals surface area contributed by atoms with Crippen molar-refractivity contribution in [2.24, 2.45) is 0 Å². The summed E-state index contributed by atoms with van der Waals surface area (Å²) in [6.07, 6.45) is 0. The number of benzene rings is 2. The Balaban J connectivity index is 1.82. The Bertz CT molecular complexity index is 487. The van der Waals surface area contributed by atoms with Crippen molar-refractivity contribution >= 4 is 11.6 Å². The third kappa shape index (κ3) is 3.83. The fourth-order valence-corrected chi connectivity index (χ4v) is 2.02. The molecule has 0 spiro atoms. The predicted octanol–water partition coefficient (Wildman–Crippen LogP) is 3.90. The second-order valence-corrected chi connectivity index (χ2v) is 4.67. The van der Waals surface area contributed by atoms with Crippen LogP contribution in [0.2, 0.25) is 0 Å². The van der Waals surface area contributed by atoms with E-state index in [4.69, 9.17) is 11.6 Å². The highest BCUT2D eigenvalue weighted by Gasteiger charge is 2.06. The minimum absolute atomic E-state index is 0.0697. The quantitative estimate of drug-likeness (QED) is 0.807. The molecule has 1 nitrogen and oxygen atoms in total. The van der Waals surface area contributed by atoms with Crippen LogP contribution in [-0.4, -0.2) is 6.54 Å². The van der Waals surface area contributed by atoms with Crippen molar-refractivity contribution in [3.8, 4) is 0 Å². The zero-order valence-electron chi connectivity index (χ0n) is 9.94. The first-order valence-electron chi connectivity index (χ1n) is 5.90. The van der Waals surface area contributed by atoms with Crippen molar-refractivity contribution in [3.63, 3.8) is 0 Å². The number of alkyl halides is 1. The average Bonchev–Trinajstić information content (AvgIpc) is 2.40. The summed E-state index contributed by atoms with van der Waals surface area (Å²) in [7, 11) is 0. The number of halogens is 2. The van der Waals surface area contributed by atoms with E-state index in [0.717, 1.165) is 11.1 Å². The smallest absolute Gasteiger partial charge is 0.123 e. The molecule has 1 N–H and O–H groups in total. The van der Waals surface area contributed by atoms with Crippen LogP contribution in [0.5, 0.6) is 0 Å². The molecule has 2 aromatic rings. The van der Waals surface area contributed by atoms with Gasteiger partial charge in [-0.1, -0.05) is 42.5 Å². The molecule has 1 atom stereocenters. The monoisotopic (exact) mass is 263 g/mol. The van der Waals surface area contributed by atoms with Gasteiger partial charge in [-0.3, -0.25) is 0 Å². The zero-order valence-corrected chi connectivity index (χ0v) is 10.7. The standard InChI is InChI=1S/C15H15ClFN/c16-15(13-6-2-1-3-7-13)11-18-10-12-5-4-8-14(17)9-12/h1-9,15,18H,10-11H2. The molecular weight excluding hydrogens is 249 g/mol. The van der Waals surface area contributed by atoms with Gasteiger partial charge in [0, 0.05) is 13.1 Å². The second-order valence-electron chi connectivity index (χ2n) is 4.14. The summed E-state index contributed by atoms with van der Waals surface area (Å²) in [5.41, 5.74) is 2.01. The number of hydrogen-bond donors (Lipinski definition) is 1. The molecule has 0 aliphatic rings. The molecule has 2 rings (SSSR count). The molecule has 2 aromatic carbocycles. The van der Waals surface area contributed by atoms with Crippen LogP contribution in [0, 0.1) is 5.82 Å². The highest BCUT2D eigenvalue weighted by molar-refractivity contribution is 6.21. The van der Waals surface area contributed by atoms with E-state index in [9.17, 15) is 4.39 Å². The van der Waals surface area contributed by atoms with Crippen LogP contribution in [0.3, 0.4) is 0 Å². The summed E-state index contributed by atoms with van der Waals surface area (Å²) < 4.78 is 13.0. The molecule has 0 aliphatic heterocycles. The number of nitrogens with one attached hydrogen (secondary N) is 1. The first kappa shape index (κ1) is 13.1. The fourth-order valence-electron chi connectivity index (χ4n) is 1.77. The normalized spacial score (nSPS) is 12.3. The van der Waals surface area contributed by atoms with Gasteiger partial charge in [0.2, 0.25) is 0 Å². The average molecular weight is 264 g/mol. The largest absolute Gasteiger partial charge is 0.311 e. The summed E-state index contributed by atoms with van der Waals surface area (Å²) in [4.78, 5) is 0. The Morgan fingerprint density at radius 1 is 1.06 bits per heavy atom. The topological polar surface area (TPSA) is 12.0 Å². The second kappa shape index (κ2) is 6.53. The highest BCUT2D eigenvalue weighted by Crippen LogP contribution is 2.18. The third-order valence-electron chi connectivity index (χ3n) is 2.70. The molecule has 0 fully saturated rings. The lowest BCUT2D eigenvalue weighted by atomic mass is 10.1. The van der Waals surface area contributed by atoms with Crippen LogP contribution in [-0.2, 0) is 6.54 Å². The van der Waals surface area contributed by atoms with Crippen molar-refractivity contribution in [1.29, 1.82) is 0 Å². The summed E-state index contributed by atoms with van der Waals surface area (Å²) in [6.45, 7) is 1.27. The van der Waals surface area contributed by atoms with E-state index >= 15 is 0 Å². The molecule has 0 aromatic heterocycles. The van der Waals surface area contributed by atoms with Gasteiger partial charge in [-0.05, 0) is 23.3 Å². The molecule has 3 heteroatoms. The first-order valence-corrected chi connectivity index (χ1v) is 6.33. The lowest BCUT2D eigenvalue weighted by Crippen LogP contribution is -2.18. The molecule has 94 valence electrons. The molecular formula is C15H15ClFN. The van der Waals surface area contributed by atoms with Crippen molar-refractivity contribution < 1.29 is 4.39 Å². The van der Waals surface area contributed by atoms with Crippen LogP contribution in [0.4, 0.5) is 4.39 Å². The molecule has 1 unspecified atom stereocenters. The highest BCUT2D eigenvalue weighted by atomic mass is 35.5. The van der Waals surface area contributed by atoms with Gasteiger partial charge in [0.05, 0.1) is 5.38 Å². The molecule has 0 radical (unpaired) electrons. The van der Waals surface area contributed by atoms with Crippen LogP contribution in [0.1, 0.15) is 16.5 Å². The molecule has 0 heterocycles. The maximum absolute atomic E-state index is 13.0. The van der Waals surface area contributed by atoms with Crippen molar-refractivity contribution in [2.75, 3.05) is 6.54 Å². The lowest BCUT2D eigenvalue weighted by Gasteiger charge is -2.11. The van der Waals surface area contributed by atoms with E-state index in [-0.39, 0.29) is 11.2 Å². The Hall–Kier alpha value is -1.38. The predicted molar refractivity (Wildman–Crippen MR) is 73.1 cm³/mol.